The van der Waals surface area contributed by atoms with E-state index in [0.29, 0.717) is 0 Å². The van der Waals surface area contributed by atoms with Crippen molar-refractivity contribution in [3.05, 3.63) is 0 Å². The Kier molecular flexibility index (Phi) is 10.4. The number of hydrogen-bond acceptors (Lipinski definition) is 2. The smallest absolute Gasteiger partial charge is 0.00235 e. The van der Waals surface area contributed by atoms with Crippen LogP contribution in [0.2, 0.25) is 0 Å². The van der Waals surface area contributed by atoms with Gasteiger partial charge in [0.15, 0.2) is 0 Å². The molecule has 0 radical (unpaired) electrons. The van der Waals surface area contributed by atoms with E-state index in [4.69, 9.17) is 0 Å². The normalized spacial score (nSPS) is 10.2. The van der Waals surface area contributed by atoms with Crippen LogP contribution >= 0.6 is 23.5 Å². The van der Waals surface area contributed by atoms with E-state index in [-0.39, 0.29) is 0 Å². The molecule has 0 heterocycles. The van der Waals surface area contributed by atoms with Crippen LogP contribution in [0.1, 0.15) is 26.7 Å². The molecule has 0 fully saturated rings. The zero-order valence-corrected chi connectivity index (χ0v) is 8.69. The Hall–Kier alpha value is 0.700. The highest BCUT2D eigenvalue weighted by Gasteiger charge is 1.87. The first kappa shape index (κ1) is 10.7. The minimum Gasteiger partial charge on any atom is -0.161 e. The highest BCUT2D eigenvalue weighted by molar-refractivity contribution is 8.02. The molecule has 0 aliphatic carbocycles. The summed E-state index contributed by atoms with van der Waals surface area (Å²) in [6, 6.07) is 0. The highest BCUT2D eigenvalue weighted by Crippen LogP contribution is 2.08. The van der Waals surface area contributed by atoms with Gasteiger partial charge in [-0.3, -0.25) is 0 Å². The van der Waals surface area contributed by atoms with E-state index in [1.54, 1.807) is 0 Å². The molecule has 0 spiro atoms. The molecule has 62 valence electrons. The second kappa shape index (κ2) is 9.70. The maximum atomic E-state index is 2.25. The number of unbranched alkanes of at least 4 members (excludes halogenated alkanes) is 1. The molecule has 0 aliphatic heterocycles. The Morgan fingerprint density at radius 1 is 0.900 bits per heavy atom. The van der Waals surface area contributed by atoms with Crippen molar-refractivity contribution in [3.63, 3.8) is 0 Å². The molecule has 0 N–H and O–H groups in total. The van der Waals surface area contributed by atoms with E-state index in [0.717, 1.165) is 0 Å². The predicted octanol–water partition coefficient (Wildman–Crippen LogP) is 3.27. The molecule has 0 saturated heterocycles. The lowest BCUT2D eigenvalue weighted by atomic mass is 10.4. The summed E-state index contributed by atoms with van der Waals surface area (Å²) >= 11 is 4.14. The van der Waals surface area contributed by atoms with Crippen LogP contribution < -0.4 is 0 Å². The average Bonchev–Trinajstić information content (AvgIpc) is 1.97. The molecule has 0 aromatic heterocycles. The molecular weight excluding hydrogens is 160 g/mol. The van der Waals surface area contributed by atoms with Gasteiger partial charge in [-0.05, 0) is 17.9 Å². The first-order valence-corrected chi connectivity index (χ1v) is 6.38. The Labute approximate surface area is 73.5 Å². The SMILES string of the molecule is CCCCSCCSCC. The average molecular weight is 178 g/mol. The fourth-order valence-corrected chi connectivity index (χ4v) is 2.54. The van der Waals surface area contributed by atoms with Crippen LogP contribution in [0.3, 0.4) is 0 Å². The summed E-state index contributed by atoms with van der Waals surface area (Å²) in [6.45, 7) is 4.47. The van der Waals surface area contributed by atoms with Gasteiger partial charge >= 0.3 is 0 Å². The second-order valence-corrected chi connectivity index (χ2v) is 4.78. The molecule has 0 aliphatic rings. The van der Waals surface area contributed by atoms with Crippen molar-refractivity contribution in [2.24, 2.45) is 0 Å². The van der Waals surface area contributed by atoms with Gasteiger partial charge in [-0.15, -0.1) is 0 Å². The van der Waals surface area contributed by atoms with Gasteiger partial charge in [0.05, 0.1) is 0 Å². The first-order chi connectivity index (χ1) is 4.91. The van der Waals surface area contributed by atoms with Gasteiger partial charge in [0.1, 0.15) is 0 Å². The van der Waals surface area contributed by atoms with Crippen LogP contribution in [-0.4, -0.2) is 23.0 Å². The van der Waals surface area contributed by atoms with E-state index in [2.05, 4.69) is 25.6 Å². The van der Waals surface area contributed by atoms with Crippen molar-refractivity contribution >= 4 is 23.5 Å². The van der Waals surface area contributed by atoms with Crippen molar-refractivity contribution in [1.82, 2.24) is 0 Å². The minimum absolute atomic E-state index is 1.27. The summed E-state index contributed by atoms with van der Waals surface area (Å²) in [6.07, 6.45) is 2.73. The third-order valence-electron chi connectivity index (χ3n) is 1.22. The summed E-state index contributed by atoms with van der Waals surface area (Å²) in [5, 5.41) is 0. The van der Waals surface area contributed by atoms with Crippen molar-refractivity contribution in [2.75, 3.05) is 23.0 Å². The highest BCUT2D eigenvalue weighted by atomic mass is 32.2. The first-order valence-electron chi connectivity index (χ1n) is 4.07. The lowest BCUT2D eigenvalue weighted by molar-refractivity contribution is 0.896. The summed E-state index contributed by atoms with van der Waals surface area (Å²) < 4.78 is 0. The Morgan fingerprint density at radius 2 is 1.60 bits per heavy atom. The quantitative estimate of drug-likeness (QED) is 0.549. The molecule has 0 aromatic rings. The second-order valence-electron chi connectivity index (χ2n) is 2.16. The van der Waals surface area contributed by atoms with Gasteiger partial charge in [0.2, 0.25) is 0 Å². The monoisotopic (exact) mass is 178 g/mol. The lowest BCUT2D eigenvalue weighted by Gasteiger charge is -1.98. The van der Waals surface area contributed by atoms with Crippen LogP contribution in [0, 0.1) is 0 Å². The predicted molar refractivity (Wildman–Crippen MR) is 55.2 cm³/mol. The molecule has 0 saturated carbocycles. The summed E-state index contributed by atoms with van der Waals surface area (Å²) in [4.78, 5) is 0. The fraction of sp³-hybridized carbons (Fsp3) is 1.00. The largest absolute Gasteiger partial charge is 0.161 e. The molecule has 0 atom stereocenters. The van der Waals surface area contributed by atoms with Crippen LogP contribution in [0.5, 0.6) is 0 Å². The Bertz CT molecular complexity index is 47.2. The molecule has 0 amide bonds. The minimum atomic E-state index is 1.27. The van der Waals surface area contributed by atoms with Gasteiger partial charge in [-0.1, -0.05) is 20.3 Å². The summed E-state index contributed by atoms with van der Waals surface area (Å²) in [5.41, 5.74) is 0. The number of rotatable bonds is 7. The molecule has 0 bridgehead atoms. The van der Waals surface area contributed by atoms with Crippen molar-refractivity contribution < 1.29 is 0 Å². The molecule has 10 heavy (non-hydrogen) atoms. The van der Waals surface area contributed by atoms with E-state index < -0.39 is 0 Å². The third kappa shape index (κ3) is 8.70. The fourth-order valence-electron chi connectivity index (χ4n) is 0.611. The number of thioether (sulfide) groups is 2. The lowest BCUT2D eigenvalue weighted by Crippen LogP contribution is -1.86. The zero-order valence-electron chi connectivity index (χ0n) is 7.06. The van der Waals surface area contributed by atoms with Gasteiger partial charge < -0.3 is 0 Å². The summed E-state index contributed by atoms with van der Waals surface area (Å²) in [5.74, 6) is 5.32. The van der Waals surface area contributed by atoms with Gasteiger partial charge in [-0.2, -0.15) is 23.5 Å². The van der Waals surface area contributed by atoms with Crippen molar-refractivity contribution in [1.29, 1.82) is 0 Å². The van der Waals surface area contributed by atoms with E-state index >= 15 is 0 Å². The topological polar surface area (TPSA) is 0 Å². The van der Waals surface area contributed by atoms with Crippen LogP contribution in [0.15, 0.2) is 0 Å². The Morgan fingerprint density at radius 3 is 2.20 bits per heavy atom. The summed E-state index contributed by atoms with van der Waals surface area (Å²) in [7, 11) is 0. The van der Waals surface area contributed by atoms with E-state index in [1.807, 2.05) is 11.8 Å². The Balaban J connectivity index is 2.65. The van der Waals surface area contributed by atoms with Crippen LogP contribution in [0.25, 0.3) is 0 Å². The van der Waals surface area contributed by atoms with E-state index in [9.17, 15) is 0 Å². The molecule has 0 unspecified atom stereocenters. The van der Waals surface area contributed by atoms with Gasteiger partial charge in [0.25, 0.3) is 0 Å². The van der Waals surface area contributed by atoms with Crippen molar-refractivity contribution in [3.8, 4) is 0 Å². The standard InChI is InChI=1S/C8H18S2/c1-3-5-6-10-8-7-9-4-2/h3-8H2,1-2H3. The maximum absolute atomic E-state index is 2.25. The van der Waals surface area contributed by atoms with E-state index in [1.165, 1.54) is 35.9 Å². The zero-order chi connectivity index (χ0) is 7.66. The number of hydrogen-bond donors (Lipinski definition) is 0. The van der Waals surface area contributed by atoms with Gasteiger partial charge in [0, 0.05) is 11.5 Å². The molecule has 2 heteroatoms. The molecular formula is C8H18S2. The third-order valence-corrected chi connectivity index (χ3v) is 3.45. The molecule has 0 aromatic carbocycles. The molecule has 0 nitrogen and oxygen atoms in total. The molecule has 0 rings (SSSR count). The van der Waals surface area contributed by atoms with Gasteiger partial charge in [-0.25, -0.2) is 0 Å². The maximum Gasteiger partial charge on any atom is 0.00235 e. The van der Waals surface area contributed by atoms with Crippen LogP contribution in [-0.2, 0) is 0 Å². The van der Waals surface area contributed by atoms with Crippen molar-refractivity contribution in [2.45, 2.75) is 26.7 Å². The van der Waals surface area contributed by atoms with Crippen LogP contribution in [0.4, 0.5) is 0 Å².